The van der Waals surface area contributed by atoms with E-state index in [0.29, 0.717) is 11.6 Å². The maximum Gasteiger partial charge on any atom is 0.357 e. The third-order valence-corrected chi connectivity index (χ3v) is 3.38. The van der Waals surface area contributed by atoms with Crippen molar-refractivity contribution in [2.45, 2.75) is 18.8 Å². The summed E-state index contributed by atoms with van der Waals surface area (Å²) in [7, 11) is 1.39. The van der Waals surface area contributed by atoms with Crippen LogP contribution in [0.3, 0.4) is 0 Å². The minimum atomic E-state index is -0.374. The molecule has 0 unspecified atom stereocenters. The molecule has 1 heterocycles. The van der Waals surface area contributed by atoms with Crippen LogP contribution in [0.25, 0.3) is 11.1 Å². The van der Waals surface area contributed by atoms with Crippen LogP contribution in [-0.2, 0) is 4.74 Å². The van der Waals surface area contributed by atoms with Gasteiger partial charge < -0.3 is 4.74 Å². The molecule has 19 heavy (non-hydrogen) atoms. The van der Waals surface area contributed by atoms with Gasteiger partial charge in [0, 0.05) is 17.2 Å². The third-order valence-electron chi connectivity index (χ3n) is 3.38. The molecular weight excluding hydrogens is 238 g/mol. The third kappa shape index (κ3) is 2.36. The molecule has 3 heteroatoms. The Morgan fingerprint density at radius 1 is 1.16 bits per heavy atom. The highest BCUT2D eigenvalue weighted by molar-refractivity contribution is 5.95. The fraction of sp³-hybridized carbons (Fsp3) is 0.250. The van der Waals surface area contributed by atoms with Crippen LogP contribution in [-0.4, -0.2) is 18.1 Å². The van der Waals surface area contributed by atoms with Crippen molar-refractivity contribution in [3.05, 3.63) is 53.9 Å². The number of benzene rings is 1. The molecule has 96 valence electrons. The molecule has 3 nitrogen and oxygen atoms in total. The average molecular weight is 253 g/mol. The number of ether oxygens (including phenoxy) is 1. The first kappa shape index (κ1) is 11.9. The Hall–Kier alpha value is -2.16. The van der Waals surface area contributed by atoms with Crippen LogP contribution in [0.4, 0.5) is 0 Å². The van der Waals surface area contributed by atoms with E-state index < -0.39 is 0 Å². The molecule has 0 bridgehead atoms. The summed E-state index contributed by atoms with van der Waals surface area (Å²) >= 11 is 0. The minimum absolute atomic E-state index is 0.374. The van der Waals surface area contributed by atoms with Crippen molar-refractivity contribution in [2.75, 3.05) is 7.11 Å². The summed E-state index contributed by atoms with van der Waals surface area (Å²) in [6, 6.07) is 13.8. The summed E-state index contributed by atoms with van der Waals surface area (Å²) in [4.78, 5) is 16.4. The predicted molar refractivity (Wildman–Crippen MR) is 73.0 cm³/mol. The lowest BCUT2D eigenvalue weighted by Crippen LogP contribution is -2.08. The Labute approximate surface area is 112 Å². The first-order valence-electron chi connectivity index (χ1n) is 6.44. The van der Waals surface area contributed by atoms with E-state index in [4.69, 9.17) is 4.74 Å². The Morgan fingerprint density at radius 2 is 1.89 bits per heavy atom. The van der Waals surface area contributed by atoms with Crippen LogP contribution in [0, 0.1) is 0 Å². The molecule has 1 saturated carbocycles. The van der Waals surface area contributed by atoms with E-state index in [9.17, 15) is 4.79 Å². The topological polar surface area (TPSA) is 39.2 Å². The first-order valence-corrected chi connectivity index (χ1v) is 6.44. The smallest absolute Gasteiger partial charge is 0.357 e. The van der Waals surface area contributed by atoms with Crippen molar-refractivity contribution in [3.63, 3.8) is 0 Å². The van der Waals surface area contributed by atoms with Crippen LogP contribution >= 0.6 is 0 Å². The monoisotopic (exact) mass is 253 g/mol. The van der Waals surface area contributed by atoms with Gasteiger partial charge in [0.15, 0.2) is 5.69 Å². The van der Waals surface area contributed by atoms with Gasteiger partial charge in [0.05, 0.1) is 7.11 Å². The van der Waals surface area contributed by atoms with Crippen LogP contribution in [0.15, 0.2) is 42.5 Å². The van der Waals surface area contributed by atoms with Crippen LogP contribution < -0.4 is 0 Å². The van der Waals surface area contributed by atoms with Crippen molar-refractivity contribution in [1.82, 2.24) is 4.98 Å². The van der Waals surface area contributed by atoms with Crippen molar-refractivity contribution < 1.29 is 9.53 Å². The van der Waals surface area contributed by atoms with Crippen molar-refractivity contribution >= 4 is 5.97 Å². The van der Waals surface area contributed by atoms with E-state index in [2.05, 4.69) is 4.98 Å². The minimum Gasteiger partial charge on any atom is -0.464 e. The number of aromatic nitrogens is 1. The maximum atomic E-state index is 11.9. The van der Waals surface area contributed by atoms with E-state index in [-0.39, 0.29) is 5.97 Å². The molecule has 0 N–H and O–H groups in total. The van der Waals surface area contributed by atoms with Crippen LogP contribution in [0.5, 0.6) is 0 Å². The summed E-state index contributed by atoms with van der Waals surface area (Å²) in [6.07, 6.45) is 2.33. The Kier molecular flexibility index (Phi) is 3.03. The lowest BCUT2D eigenvalue weighted by molar-refractivity contribution is 0.0594. The fourth-order valence-corrected chi connectivity index (χ4v) is 2.18. The second-order valence-corrected chi connectivity index (χ2v) is 4.76. The standard InChI is InChI=1S/C16H15NO2/c1-19-16(18)15-13(11-5-3-2-4-6-11)9-10-14(17-15)12-7-8-12/h2-6,9-10,12H,7-8H2,1H3. The lowest BCUT2D eigenvalue weighted by atomic mass is 10.0. The molecule has 0 amide bonds. The summed E-state index contributed by atoms with van der Waals surface area (Å²) in [5, 5.41) is 0. The molecule has 3 rings (SSSR count). The van der Waals surface area contributed by atoms with E-state index in [1.807, 2.05) is 42.5 Å². The normalized spacial score (nSPS) is 14.2. The average Bonchev–Trinajstić information content (AvgIpc) is 3.31. The van der Waals surface area contributed by atoms with Gasteiger partial charge in [-0.25, -0.2) is 9.78 Å². The highest BCUT2D eigenvalue weighted by Gasteiger charge is 2.27. The summed E-state index contributed by atoms with van der Waals surface area (Å²) in [5.41, 5.74) is 3.23. The van der Waals surface area contributed by atoms with E-state index >= 15 is 0 Å². The fourth-order valence-electron chi connectivity index (χ4n) is 2.18. The number of methoxy groups -OCH3 is 1. The lowest BCUT2D eigenvalue weighted by Gasteiger charge is -2.09. The van der Waals surface area contributed by atoms with Gasteiger partial charge in [0.2, 0.25) is 0 Å². The molecule has 0 spiro atoms. The summed E-state index contributed by atoms with van der Waals surface area (Å²) < 4.78 is 4.85. The zero-order valence-electron chi connectivity index (χ0n) is 10.8. The number of hydrogen-bond donors (Lipinski definition) is 0. The Bertz CT molecular complexity index is 603. The molecule has 0 aliphatic heterocycles. The zero-order valence-corrected chi connectivity index (χ0v) is 10.8. The van der Waals surface area contributed by atoms with Gasteiger partial charge >= 0.3 is 5.97 Å². The van der Waals surface area contributed by atoms with Gasteiger partial charge in [-0.1, -0.05) is 36.4 Å². The van der Waals surface area contributed by atoms with Crippen molar-refractivity contribution in [1.29, 1.82) is 0 Å². The van der Waals surface area contributed by atoms with Gasteiger partial charge in [0.1, 0.15) is 0 Å². The number of pyridine rings is 1. The molecule has 1 fully saturated rings. The highest BCUT2D eigenvalue weighted by Crippen LogP contribution is 2.39. The van der Waals surface area contributed by atoms with E-state index in [0.717, 1.165) is 29.7 Å². The largest absolute Gasteiger partial charge is 0.464 e. The molecular formula is C16H15NO2. The van der Waals surface area contributed by atoms with Gasteiger partial charge in [-0.15, -0.1) is 0 Å². The number of rotatable bonds is 3. The number of carbonyl (C=O) groups excluding carboxylic acids is 1. The van der Waals surface area contributed by atoms with E-state index in [1.165, 1.54) is 7.11 Å². The second-order valence-electron chi connectivity index (χ2n) is 4.76. The van der Waals surface area contributed by atoms with Gasteiger partial charge in [-0.05, 0) is 24.5 Å². The van der Waals surface area contributed by atoms with Crippen molar-refractivity contribution in [2.24, 2.45) is 0 Å². The van der Waals surface area contributed by atoms with E-state index in [1.54, 1.807) is 0 Å². The van der Waals surface area contributed by atoms with Crippen LogP contribution in [0.2, 0.25) is 0 Å². The number of hydrogen-bond acceptors (Lipinski definition) is 3. The molecule has 0 atom stereocenters. The summed E-state index contributed by atoms with van der Waals surface area (Å²) in [6.45, 7) is 0. The molecule has 2 aromatic rings. The number of nitrogens with zero attached hydrogens (tertiary/aromatic N) is 1. The van der Waals surface area contributed by atoms with Crippen LogP contribution in [0.1, 0.15) is 34.9 Å². The molecule has 0 saturated heterocycles. The SMILES string of the molecule is COC(=O)c1nc(C2CC2)ccc1-c1ccccc1. The number of esters is 1. The molecule has 1 aromatic carbocycles. The Balaban J connectivity index is 2.10. The zero-order chi connectivity index (χ0) is 13.2. The highest BCUT2D eigenvalue weighted by atomic mass is 16.5. The molecule has 1 aliphatic rings. The second kappa shape index (κ2) is 4.84. The van der Waals surface area contributed by atoms with Gasteiger partial charge in [-0.3, -0.25) is 0 Å². The number of carbonyl (C=O) groups is 1. The molecule has 0 radical (unpaired) electrons. The Morgan fingerprint density at radius 3 is 2.53 bits per heavy atom. The molecule has 1 aliphatic carbocycles. The van der Waals surface area contributed by atoms with Crippen molar-refractivity contribution in [3.8, 4) is 11.1 Å². The van der Waals surface area contributed by atoms with Gasteiger partial charge in [0.25, 0.3) is 0 Å². The maximum absolute atomic E-state index is 11.9. The molecule has 1 aromatic heterocycles. The first-order chi connectivity index (χ1) is 9.29. The summed E-state index contributed by atoms with van der Waals surface area (Å²) in [5.74, 6) is 0.148. The predicted octanol–water partition coefficient (Wildman–Crippen LogP) is 3.41. The van der Waals surface area contributed by atoms with Gasteiger partial charge in [-0.2, -0.15) is 0 Å². The quantitative estimate of drug-likeness (QED) is 0.787.